The molecule has 2 aliphatic rings. The maximum Gasteiger partial charge on any atom is 0.244 e. The van der Waals surface area contributed by atoms with Crippen molar-refractivity contribution in [1.82, 2.24) is 4.31 Å². The average Bonchev–Trinajstić information content (AvgIpc) is 2.77. The van der Waals surface area contributed by atoms with Gasteiger partial charge < -0.3 is 10.2 Å². The fourth-order valence-electron chi connectivity index (χ4n) is 3.77. The van der Waals surface area contributed by atoms with Crippen molar-refractivity contribution in [2.24, 2.45) is 5.92 Å². The van der Waals surface area contributed by atoms with Crippen molar-refractivity contribution in [2.45, 2.75) is 29.6 Å². The lowest BCUT2D eigenvalue weighted by Gasteiger charge is -2.31. The molecule has 0 bridgehead atoms. The van der Waals surface area contributed by atoms with E-state index < -0.39 is 10.0 Å². The summed E-state index contributed by atoms with van der Waals surface area (Å²) in [7, 11) is -3.67. The van der Waals surface area contributed by atoms with Crippen molar-refractivity contribution in [1.29, 1.82) is 0 Å². The lowest BCUT2D eigenvalue weighted by atomic mass is 10.0. The molecule has 0 unspecified atom stereocenters. The molecule has 2 heterocycles. The molecule has 4 rings (SSSR count). The van der Waals surface area contributed by atoms with Gasteiger partial charge in [0.2, 0.25) is 21.8 Å². The standard InChI is InChI=1S/C22H24ClN3O4S2/c1-15-8-10-25(11-9-15)32(29,30)18-6-7-20-19(12-18)26(22(28)14-31-20)13-21(27)24-17-4-2-16(23)3-5-17/h2-7,12,15H,8-11,13-14H2,1H3,(H,24,27). The zero-order valence-electron chi connectivity index (χ0n) is 17.6. The lowest BCUT2D eigenvalue weighted by Crippen LogP contribution is -2.41. The van der Waals surface area contributed by atoms with E-state index in [9.17, 15) is 18.0 Å². The minimum atomic E-state index is -3.67. The van der Waals surface area contributed by atoms with Crippen molar-refractivity contribution >= 4 is 56.6 Å². The van der Waals surface area contributed by atoms with E-state index in [1.54, 1.807) is 36.4 Å². The summed E-state index contributed by atoms with van der Waals surface area (Å²) in [5.74, 6) is 0.0812. The Morgan fingerprint density at radius 3 is 2.53 bits per heavy atom. The number of nitrogens with zero attached hydrogens (tertiary/aromatic N) is 2. The van der Waals surface area contributed by atoms with Gasteiger partial charge in [0.25, 0.3) is 0 Å². The summed E-state index contributed by atoms with van der Waals surface area (Å²) in [5, 5.41) is 3.30. The number of halogens is 1. The molecule has 7 nitrogen and oxygen atoms in total. The third-order valence-corrected chi connectivity index (χ3v) is 8.88. The van der Waals surface area contributed by atoms with Gasteiger partial charge in [0.15, 0.2) is 0 Å². The molecule has 0 saturated carbocycles. The first-order valence-corrected chi connectivity index (χ1v) is 13.2. The van der Waals surface area contributed by atoms with Crippen LogP contribution < -0.4 is 10.2 Å². The largest absolute Gasteiger partial charge is 0.325 e. The smallest absolute Gasteiger partial charge is 0.244 e. The Morgan fingerprint density at radius 1 is 1.16 bits per heavy atom. The quantitative estimate of drug-likeness (QED) is 0.683. The van der Waals surface area contributed by atoms with Crippen molar-refractivity contribution < 1.29 is 18.0 Å². The molecule has 32 heavy (non-hydrogen) atoms. The van der Waals surface area contributed by atoms with E-state index in [0.29, 0.717) is 35.4 Å². The van der Waals surface area contributed by atoms with Crippen molar-refractivity contribution in [2.75, 3.05) is 35.6 Å². The van der Waals surface area contributed by atoms with Gasteiger partial charge in [-0.25, -0.2) is 8.42 Å². The summed E-state index contributed by atoms with van der Waals surface area (Å²) in [6.45, 7) is 2.89. The fourth-order valence-corrected chi connectivity index (χ4v) is 6.30. The van der Waals surface area contributed by atoms with Gasteiger partial charge in [-0.2, -0.15) is 4.31 Å². The number of benzene rings is 2. The molecule has 0 aliphatic carbocycles. The van der Waals surface area contributed by atoms with Crippen LogP contribution in [0.3, 0.4) is 0 Å². The molecule has 0 aromatic heterocycles. The molecule has 1 N–H and O–H groups in total. The van der Waals surface area contributed by atoms with Crippen LogP contribution in [0, 0.1) is 5.92 Å². The molecule has 2 amide bonds. The zero-order valence-corrected chi connectivity index (χ0v) is 20.0. The summed E-state index contributed by atoms with van der Waals surface area (Å²) >= 11 is 7.22. The molecule has 1 fully saturated rings. The molecule has 10 heteroatoms. The SMILES string of the molecule is CC1CCN(S(=O)(=O)c2ccc3c(c2)N(CC(=O)Nc2ccc(Cl)cc2)C(=O)CS3)CC1. The van der Waals surface area contributed by atoms with Crippen molar-refractivity contribution in [3.63, 3.8) is 0 Å². The number of piperidine rings is 1. The van der Waals surface area contributed by atoms with Gasteiger partial charge in [-0.05, 0) is 61.2 Å². The second-order valence-electron chi connectivity index (χ2n) is 8.04. The normalized spacial score (nSPS) is 17.8. The van der Waals surface area contributed by atoms with Crippen LogP contribution in [0.4, 0.5) is 11.4 Å². The maximum absolute atomic E-state index is 13.2. The third kappa shape index (κ3) is 4.96. The van der Waals surface area contributed by atoms with Crippen LogP contribution in [0.2, 0.25) is 5.02 Å². The number of amides is 2. The number of fused-ring (bicyclic) bond motifs is 1. The minimum absolute atomic E-state index is 0.143. The van der Waals surface area contributed by atoms with Crippen LogP contribution in [0.5, 0.6) is 0 Å². The Morgan fingerprint density at radius 2 is 1.84 bits per heavy atom. The highest BCUT2D eigenvalue weighted by molar-refractivity contribution is 8.00. The molecule has 1 saturated heterocycles. The number of carbonyl (C=O) groups excluding carboxylic acids is 2. The van der Waals surface area contributed by atoms with Gasteiger partial charge in [0.1, 0.15) is 6.54 Å². The summed E-state index contributed by atoms with van der Waals surface area (Å²) < 4.78 is 27.9. The Kier molecular flexibility index (Phi) is 6.80. The van der Waals surface area contributed by atoms with Gasteiger partial charge in [-0.1, -0.05) is 18.5 Å². The van der Waals surface area contributed by atoms with Gasteiger partial charge >= 0.3 is 0 Å². The first-order chi connectivity index (χ1) is 15.2. The highest BCUT2D eigenvalue weighted by Crippen LogP contribution is 2.37. The van der Waals surface area contributed by atoms with Crippen LogP contribution in [0.1, 0.15) is 19.8 Å². The summed E-state index contributed by atoms with van der Waals surface area (Å²) in [5.41, 5.74) is 1.01. The monoisotopic (exact) mass is 493 g/mol. The molecule has 0 radical (unpaired) electrons. The zero-order chi connectivity index (χ0) is 22.9. The lowest BCUT2D eigenvalue weighted by molar-refractivity contribution is -0.120. The highest BCUT2D eigenvalue weighted by Gasteiger charge is 2.32. The third-order valence-electron chi connectivity index (χ3n) is 5.68. The van der Waals surface area contributed by atoms with E-state index >= 15 is 0 Å². The first-order valence-electron chi connectivity index (χ1n) is 10.4. The number of carbonyl (C=O) groups is 2. The Balaban J connectivity index is 1.57. The van der Waals surface area contributed by atoms with Crippen LogP contribution in [0.25, 0.3) is 0 Å². The number of nitrogens with one attached hydrogen (secondary N) is 1. The summed E-state index contributed by atoms with van der Waals surface area (Å²) in [6.07, 6.45) is 1.66. The van der Waals surface area contributed by atoms with E-state index in [-0.39, 0.29) is 29.0 Å². The van der Waals surface area contributed by atoms with E-state index in [1.165, 1.54) is 27.0 Å². The minimum Gasteiger partial charge on any atom is -0.325 e. The van der Waals surface area contributed by atoms with Crippen LogP contribution in [-0.2, 0) is 19.6 Å². The molecule has 170 valence electrons. The molecule has 2 aliphatic heterocycles. The predicted molar refractivity (Wildman–Crippen MR) is 127 cm³/mol. The average molecular weight is 494 g/mol. The van der Waals surface area contributed by atoms with Crippen molar-refractivity contribution in [3.8, 4) is 0 Å². The Bertz CT molecular complexity index is 1130. The Hall–Kier alpha value is -2.07. The van der Waals surface area contributed by atoms with Gasteiger partial charge in [0, 0.05) is 28.7 Å². The van der Waals surface area contributed by atoms with Crippen LogP contribution >= 0.6 is 23.4 Å². The number of anilines is 2. The molecular formula is C22H24ClN3O4S2. The van der Waals surface area contributed by atoms with Gasteiger partial charge in [0.05, 0.1) is 16.3 Å². The highest BCUT2D eigenvalue weighted by atomic mass is 35.5. The maximum atomic E-state index is 13.2. The molecule has 0 spiro atoms. The van der Waals surface area contributed by atoms with E-state index in [2.05, 4.69) is 12.2 Å². The van der Waals surface area contributed by atoms with Crippen molar-refractivity contribution in [3.05, 3.63) is 47.5 Å². The summed E-state index contributed by atoms with van der Waals surface area (Å²) in [4.78, 5) is 27.5. The predicted octanol–water partition coefficient (Wildman–Crippen LogP) is 3.84. The summed E-state index contributed by atoms with van der Waals surface area (Å²) in [6, 6.07) is 11.5. The number of thioether (sulfide) groups is 1. The van der Waals surface area contributed by atoms with Gasteiger partial charge in [-0.15, -0.1) is 11.8 Å². The molecule has 2 aromatic rings. The number of hydrogen-bond donors (Lipinski definition) is 1. The molecule has 0 atom stereocenters. The second-order valence-corrected chi connectivity index (χ2v) is 11.4. The van der Waals surface area contributed by atoms with Crippen LogP contribution in [0.15, 0.2) is 52.3 Å². The number of sulfonamides is 1. The van der Waals surface area contributed by atoms with Crippen LogP contribution in [-0.4, -0.2) is 49.9 Å². The van der Waals surface area contributed by atoms with Gasteiger partial charge in [-0.3, -0.25) is 9.59 Å². The van der Waals surface area contributed by atoms with E-state index in [4.69, 9.17) is 11.6 Å². The second kappa shape index (κ2) is 9.43. The Labute approximate surface area is 197 Å². The molecular weight excluding hydrogens is 470 g/mol. The first kappa shape index (κ1) is 23.1. The van der Waals surface area contributed by atoms with E-state index in [0.717, 1.165) is 17.7 Å². The van der Waals surface area contributed by atoms with E-state index in [1.807, 2.05) is 0 Å². The number of hydrogen-bond acceptors (Lipinski definition) is 5. The topological polar surface area (TPSA) is 86.8 Å². The number of rotatable bonds is 5. The fraction of sp³-hybridized carbons (Fsp3) is 0.364. The molecule has 2 aromatic carbocycles.